The van der Waals surface area contributed by atoms with E-state index in [0.717, 1.165) is 0 Å². The van der Waals surface area contributed by atoms with Gasteiger partial charge in [0, 0.05) is 0 Å². The van der Waals surface area contributed by atoms with E-state index in [1.165, 1.54) is 0 Å². The van der Waals surface area contributed by atoms with Gasteiger partial charge in [-0.3, -0.25) is 0 Å². The summed E-state index contributed by atoms with van der Waals surface area (Å²) >= 11 is 2.81. The quantitative estimate of drug-likeness (QED) is 0.486. The molecule has 0 saturated heterocycles. The van der Waals surface area contributed by atoms with Gasteiger partial charge in [0.15, 0.2) is 0 Å². The van der Waals surface area contributed by atoms with E-state index in [0.29, 0.717) is 21.0 Å². The zero-order valence-electron chi connectivity index (χ0n) is 1.60. The van der Waals surface area contributed by atoms with Crippen molar-refractivity contribution in [2.75, 3.05) is 0 Å². The van der Waals surface area contributed by atoms with Crippen LogP contribution >= 0.6 is 0 Å². The molecule has 0 aliphatic carbocycles. The molecule has 0 aliphatic heterocycles. The van der Waals surface area contributed by atoms with Gasteiger partial charge in [0.2, 0.25) is 0 Å². The summed E-state index contributed by atoms with van der Waals surface area (Å²) in [5.41, 5.74) is 0. The first-order valence-corrected chi connectivity index (χ1v) is 1.64. The molecule has 0 N–H and O–H groups in total. The zero-order chi connectivity index (χ0) is 4.00. The molecule has 0 heterocycles. The predicted molar refractivity (Wildman–Crippen MR) is 1.37 cm³/mol. The van der Waals surface area contributed by atoms with Crippen LogP contribution in [-0.2, 0) is 43.8 Å². The molecule has 4 heavy (non-hydrogen) atoms. The molecule has 0 radical (unpaired) electrons. The van der Waals surface area contributed by atoms with Crippen LogP contribution in [0, 0.1) is 0 Å². The summed E-state index contributed by atoms with van der Waals surface area (Å²) in [6.45, 7) is 0. The molecule has 0 saturated carbocycles. The summed E-state index contributed by atoms with van der Waals surface area (Å²) in [6, 6.07) is 0. The van der Waals surface area contributed by atoms with Crippen LogP contribution in [0.5, 0.6) is 0 Å². The van der Waals surface area contributed by atoms with Gasteiger partial charge in [0.1, 0.15) is 0 Å². The summed E-state index contributed by atoms with van der Waals surface area (Å²) in [5.74, 6) is 0. The van der Waals surface area contributed by atoms with Gasteiger partial charge < -0.3 is 0 Å². The fourth-order valence-corrected chi connectivity index (χ4v) is 0. The van der Waals surface area contributed by atoms with Gasteiger partial charge in [-0.15, -0.1) is 0 Å². The van der Waals surface area contributed by atoms with E-state index in [1.807, 2.05) is 0 Å². The van der Waals surface area contributed by atoms with Gasteiger partial charge in [-0.05, 0) is 0 Å². The Morgan fingerprint density at radius 2 is 1.25 bits per heavy atom. The Bertz CT molecular complexity index is 8.00. The van der Waals surface area contributed by atoms with Crippen LogP contribution in [0.4, 0.5) is 0 Å². The molecule has 4 heteroatoms. The molecule has 0 spiro atoms. The Labute approximate surface area is 44.0 Å². The first kappa shape index (κ1) is 8.85. The Kier molecular flexibility index (Phi) is 96.2. The first-order chi connectivity index (χ1) is 2.00. The van der Waals surface area contributed by atoms with E-state index in [-0.39, 0.29) is 0 Å². The van der Waals surface area contributed by atoms with Crippen molar-refractivity contribution in [2.24, 2.45) is 0 Å². The van der Waals surface area contributed by atoms with Gasteiger partial charge in [-0.25, -0.2) is 0 Å². The van der Waals surface area contributed by atoms with Crippen LogP contribution in [0.1, 0.15) is 0 Å². The Balaban J connectivity index is 0. The van der Waals surface area contributed by atoms with E-state index in [2.05, 4.69) is 15.7 Å². The van der Waals surface area contributed by atoms with E-state index in [1.54, 1.807) is 0 Å². The zero-order valence-corrected chi connectivity index (χ0v) is 4.84. The third kappa shape index (κ3) is 13.5. The molecule has 26 valence electrons. The number of hydrogen-bond donors (Lipinski definition) is 0. The van der Waals surface area contributed by atoms with Crippen molar-refractivity contribution in [2.45, 2.75) is 0 Å². The van der Waals surface area contributed by atoms with Crippen LogP contribution in [0.3, 0.4) is 0 Å². The molecule has 0 aromatic heterocycles. The fraction of sp³-hybridized carbons (Fsp3) is 0. The molecule has 0 aromatic rings. The summed E-state index contributed by atoms with van der Waals surface area (Å²) in [4.78, 5) is 0. The standard InChI is InChI=1S/Co.Nb.2O. The molecule has 0 amide bonds. The summed E-state index contributed by atoms with van der Waals surface area (Å²) in [5, 5.41) is 0. The molecule has 0 aromatic carbocycles. The minimum absolute atomic E-state index is 0.500. The van der Waals surface area contributed by atoms with Gasteiger partial charge in [-0.1, -0.05) is 0 Å². The summed E-state index contributed by atoms with van der Waals surface area (Å²) in [7, 11) is 0. The van der Waals surface area contributed by atoms with E-state index >= 15 is 0 Å². The van der Waals surface area contributed by atoms with Crippen molar-refractivity contribution in [3.63, 3.8) is 0 Å². The average molecular weight is 184 g/mol. The molecular formula is CoNbO2. The van der Waals surface area contributed by atoms with E-state index in [4.69, 9.17) is 7.12 Å². The predicted octanol–water partition coefficient (Wildman–Crippen LogP) is -0.243. The van der Waals surface area contributed by atoms with E-state index < -0.39 is 0 Å². The van der Waals surface area contributed by atoms with E-state index in [9.17, 15) is 0 Å². The van der Waals surface area contributed by atoms with Crippen molar-refractivity contribution in [1.82, 2.24) is 0 Å². The molecule has 0 fully saturated rings. The van der Waals surface area contributed by atoms with Crippen molar-refractivity contribution >= 4 is 0 Å². The van der Waals surface area contributed by atoms with Crippen LogP contribution in [0.15, 0.2) is 0 Å². The fourth-order valence-electron chi connectivity index (χ4n) is 0. The van der Waals surface area contributed by atoms with Gasteiger partial charge in [-0.2, -0.15) is 0 Å². The Morgan fingerprint density at radius 1 is 1.25 bits per heavy atom. The van der Waals surface area contributed by atoms with Crippen molar-refractivity contribution < 1.29 is 43.8 Å². The molecule has 2 nitrogen and oxygen atoms in total. The minimum atomic E-state index is 0.500. The first-order valence-electron chi connectivity index (χ1n) is 0.319. The maximum absolute atomic E-state index is 8.30. The third-order valence-corrected chi connectivity index (χ3v) is 0. The second-order valence-corrected chi connectivity index (χ2v) is 0. The van der Waals surface area contributed by atoms with Crippen LogP contribution in [-0.4, -0.2) is 0 Å². The Morgan fingerprint density at radius 3 is 1.25 bits per heavy atom. The van der Waals surface area contributed by atoms with Gasteiger partial charge in [0.25, 0.3) is 0 Å². The topological polar surface area (TPSA) is 34.1 Å². The second kappa shape index (κ2) is 43.5. The molecule has 0 atom stereocenters. The summed E-state index contributed by atoms with van der Waals surface area (Å²) in [6.07, 6.45) is 0. The van der Waals surface area contributed by atoms with Crippen molar-refractivity contribution in [1.29, 1.82) is 0 Å². The van der Waals surface area contributed by atoms with Gasteiger partial charge in [0.05, 0.1) is 0 Å². The summed E-state index contributed by atoms with van der Waals surface area (Å²) < 4.78 is 16.2. The monoisotopic (exact) mass is 184 g/mol. The Hall–Kier alpha value is 0.847. The second-order valence-electron chi connectivity index (χ2n) is 0. The van der Waals surface area contributed by atoms with Crippen molar-refractivity contribution in [3.05, 3.63) is 0 Å². The number of hydrogen-bond acceptors (Lipinski definition) is 2. The van der Waals surface area contributed by atoms with Crippen LogP contribution < -0.4 is 0 Å². The molecule has 0 unspecified atom stereocenters. The van der Waals surface area contributed by atoms with Crippen LogP contribution in [0.25, 0.3) is 0 Å². The molecule has 0 bridgehead atoms. The van der Waals surface area contributed by atoms with Crippen molar-refractivity contribution in [3.8, 4) is 0 Å². The maximum atomic E-state index is 8.30. The normalized spacial score (nSPS) is 2.00. The number of rotatable bonds is 0. The van der Waals surface area contributed by atoms with Gasteiger partial charge >= 0.3 is 43.8 Å². The molecular weight excluding hydrogens is 184 g/mol. The van der Waals surface area contributed by atoms with Crippen LogP contribution in [0.2, 0.25) is 0 Å². The molecule has 0 aliphatic rings. The SMILES string of the molecule is [O]=[Co].[O]=[Nb]. The average Bonchev–Trinajstić information content (AvgIpc) is 1.50. The third-order valence-electron chi connectivity index (χ3n) is 0. The molecule has 0 rings (SSSR count).